The van der Waals surface area contributed by atoms with Gasteiger partial charge in [0.15, 0.2) is 6.10 Å². The molecule has 374 valence electrons. The number of allylic oxidation sites excluding steroid dienone is 20. The molecule has 66 heavy (non-hydrogen) atoms. The molecule has 0 spiro atoms. The van der Waals surface area contributed by atoms with Crippen LogP contribution in [-0.4, -0.2) is 74.9 Å². The highest BCUT2D eigenvalue weighted by Crippen LogP contribution is 2.43. The summed E-state index contributed by atoms with van der Waals surface area (Å²) in [6, 6.07) is 0. The van der Waals surface area contributed by atoms with Crippen LogP contribution in [0.4, 0.5) is 0 Å². The molecule has 0 aliphatic heterocycles. The molecule has 0 aromatic rings. The number of carbonyl (C=O) groups is 2. The largest absolute Gasteiger partial charge is 0.472 e. The molecule has 0 bridgehead atoms. The second-order valence-electron chi connectivity index (χ2n) is 17.5. The molecule has 0 aromatic heterocycles. The number of carbonyl (C=O) groups excluding carboxylic acids is 2. The van der Waals surface area contributed by atoms with Crippen LogP contribution in [0.5, 0.6) is 0 Å². The van der Waals surface area contributed by atoms with E-state index in [0.717, 1.165) is 116 Å². The minimum absolute atomic E-state index is 0.0166. The highest BCUT2D eigenvalue weighted by molar-refractivity contribution is 7.47. The smallest absolute Gasteiger partial charge is 0.462 e. The van der Waals surface area contributed by atoms with Crippen LogP contribution in [0.3, 0.4) is 0 Å². The molecule has 0 saturated heterocycles. The molecule has 0 aliphatic carbocycles. The van der Waals surface area contributed by atoms with Crippen molar-refractivity contribution in [3.63, 3.8) is 0 Å². The van der Waals surface area contributed by atoms with Crippen LogP contribution in [-0.2, 0) is 32.7 Å². The van der Waals surface area contributed by atoms with E-state index in [2.05, 4.69) is 135 Å². The van der Waals surface area contributed by atoms with Crippen LogP contribution in [0.15, 0.2) is 122 Å². The monoisotopic (exact) mass is 939 g/mol. The summed E-state index contributed by atoms with van der Waals surface area (Å²) in [5.41, 5.74) is 0. The molecule has 0 aromatic carbocycles. The number of quaternary nitrogens is 1. The Hall–Kier alpha value is -3.59. The summed E-state index contributed by atoms with van der Waals surface area (Å²) in [5, 5.41) is 0. The van der Waals surface area contributed by atoms with Crippen LogP contribution >= 0.6 is 7.82 Å². The van der Waals surface area contributed by atoms with Crippen molar-refractivity contribution in [3.05, 3.63) is 122 Å². The van der Waals surface area contributed by atoms with Gasteiger partial charge in [0.2, 0.25) is 0 Å². The number of hydrogen-bond acceptors (Lipinski definition) is 7. The van der Waals surface area contributed by atoms with Crippen molar-refractivity contribution in [2.24, 2.45) is 0 Å². The Morgan fingerprint density at radius 2 is 0.864 bits per heavy atom. The van der Waals surface area contributed by atoms with E-state index in [4.69, 9.17) is 18.5 Å². The lowest BCUT2D eigenvalue weighted by Crippen LogP contribution is -2.37. The third kappa shape index (κ3) is 49.8. The number of phosphoric ester groups is 1. The van der Waals surface area contributed by atoms with Crippen molar-refractivity contribution < 1.29 is 42.1 Å². The van der Waals surface area contributed by atoms with Crippen LogP contribution in [0.1, 0.15) is 168 Å². The number of unbranched alkanes of at least 4 members (excludes halogenated alkanes) is 10. The first-order chi connectivity index (χ1) is 32.0. The van der Waals surface area contributed by atoms with E-state index in [1.807, 2.05) is 21.1 Å². The first-order valence-corrected chi connectivity index (χ1v) is 26.8. The van der Waals surface area contributed by atoms with E-state index in [0.29, 0.717) is 23.9 Å². The Bertz CT molecular complexity index is 1530. The van der Waals surface area contributed by atoms with Gasteiger partial charge in [-0.05, 0) is 103 Å². The standard InChI is InChI=1S/C56H92NO8P/c1-6-8-10-12-14-16-18-19-20-21-22-23-24-25-26-27-28-29-30-31-32-33-34-35-36-37-39-41-43-45-47-49-56(59)65-54(53-64-66(60,61)63-51-50-57(3,4)5)52-62-55(58)48-46-44-42-40-38-17-15-13-11-9-7-2/h8,10,13-16,19-20,22-23,25-26,28-29,31-32,34-35,37,39,54H,6-7,9,11-12,17-18,21,24,27,30,33,36,38,40-53H2,1-5H3/p+1/b10-8-,15-13-,16-14-,20-19-,23-22-,26-25-,29-28-,32-31-,35-34-,39-37-. The Morgan fingerprint density at radius 3 is 1.32 bits per heavy atom. The van der Waals surface area contributed by atoms with Crippen LogP contribution in [0, 0.1) is 0 Å². The van der Waals surface area contributed by atoms with E-state index in [1.165, 1.54) is 12.8 Å². The lowest BCUT2D eigenvalue weighted by molar-refractivity contribution is -0.870. The summed E-state index contributed by atoms with van der Waals surface area (Å²) in [7, 11) is 1.43. The summed E-state index contributed by atoms with van der Waals surface area (Å²) >= 11 is 0. The number of likely N-dealkylation sites (N-methyl/N-ethyl adjacent to an activating group) is 1. The normalized spacial score (nSPS) is 14.5. The Kier molecular flexibility index (Phi) is 44.0. The minimum Gasteiger partial charge on any atom is -0.462 e. The molecule has 0 saturated carbocycles. The van der Waals surface area contributed by atoms with E-state index in [9.17, 15) is 19.0 Å². The van der Waals surface area contributed by atoms with Gasteiger partial charge in [-0.2, -0.15) is 0 Å². The number of esters is 2. The van der Waals surface area contributed by atoms with Crippen molar-refractivity contribution >= 4 is 19.8 Å². The molecule has 1 N–H and O–H groups in total. The Balaban J connectivity index is 4.31. The number of phosphoric acid groups is 1. The summed E-state index contributed by atoms with van der Waals surface area (Å²) in [4.78, 5) is 35.4. The van der Waals surface area contributed by atoms with Gasteiger partial charge in [0.05, 0.1) is 27.7 Å². The van der Waals surface area contributed by atoms with Gasteiger partial charge in [0.25, 0.3) is 0 Å². The van der Waals surface area contributed by atoms with Gasteiger partial charge >= 0.3 is 19.8 Å². The second kappa shape index (κ2) is 46.5. The zero-order chi connectivity index (χ0) is 48.5. The van der Waals surface area contributed by atoms with Crippen LogP contribution < -0.4 is 0 Å². The van der Waals surface area contributed by atoms with Gasteiger partial charge in [-0.3, -0.25) is 18.6 Å². The summed E-state index contributed by atoms with van der Waals surface area (Å²) < 4.78 is 34.3. The maximum Gasteiger partial charge on any atom is 0.472 e. The average molecular weight is 939 g/mol. The van der Waals surface area contributed by atoms with Crippen molar-refractivity contribution in [3.8, 4) is 0 Å². The van der Waals surface area contributed by atoms with E-state index < -0.39 is 32.5 Å². The molecule has 0 amide bonds. The summed E-state index contributed by atoms with van der Waals surface area (Å²) in [5.74, 6) is -0.861. The molecule has 0 rings (SSSR count). The minimum atomic E-state index is -4.40. The zero-order valence-electron chi connectivity index (χ0n) is 42.1. The van der Waals surface area contributed by atoms with Gasteiger partial charge in [0, 0.05) is 12.8 Å². The number of nitrogens with zero attached hydrogens (tertiary/aromatic N) is 1. The van der Waals surface area contributed by atoms with Crippen LogP contribution in [0.25, 0.3) is 0 Å². The zero-order valence-corrected chi connectivity index (χ0v) is 43.0. The predicted octanol–water partition coefficient (Wildman–Crippen LogP) is 15.2. The fraction of sp³-hybridized carbons (Fsp3) is 0.607. The quantitative estimate of drug-likeness (QED) is 0.0212. The molecule has 0 heterocycles. The second-order valence-corrected chi connectivity index (χ2v) is 18.9. The maximum atomic E-state index is 12.7. The van der Waals surface area contributed by atoms with Gasteiger partial charge in [-0.25, -0.2) is 4.57 Å². The van der Waals surface area contributed by atoms with Crippen molar-refractivity contribution in [2.45, 2.75) is 174 Å². The molecule has 0 aliphatic rings. The molecule has 2 atom stereocenters. The van der Waals surface area contributed by atoms with E-state index >= 15 is 0 Å². The first-order valence-electron chi connectivity index (χ1n) is 25.3. The van der Waals surface area contributed by atoms with E-state index in [-0.39, 0.29) is 26.1 Å². The van der Waals surface area contributed by atoms with Gasteiger partial charge < -0.3 is 18.9 Å². The van der Waals surface area contributed by atoms with Crippen LogP contribution in [0.2, 0.25) is 0 Å². The fourth-order valence-electron chi connectivity index (χ4n) is 6.04. The molecule has 0 radical (unpaired) electrons. The highest BCUT2D eigenvalue weighted by atomic mass is 31.2. The molecular formula is C56H93NO8P+. The third-order valence-electron chi connectivity index (χ3n) is 9.98. The summed E-state index contributed by atoms with van der Waals surface area (Å²) in [6.07, 6.45) is 65.5. The van der Waals surface area contributed by atoms with Gasteiger partial charge in [0.1, 0.15) is 19.8 Å². The summed E-state index contributed by atoms with van der Waals surface area (Å²) in [6.45, 7) is 4.19. The third-order valence-corrected chi connectivity index (χ3v) is 11.0. The molecule has 9 nitrogen and oxygen atoms in total. The van der Waals surface area contributed by atoms with Gasteiger partial charge in [-0.1, -0.05) is 174 Å². The van der Waals surface area contributed by atoms with Crippen molar-refractivity contribution in [1.82, 2.24) is 0 Å². The topological polar surface area (TPSA) is 108 Å². The molecule has 0 fully saturated rings. The fourth-order valence-corrected chi connectivity index (χ4v) is 6.79. The van der Waals surface area contributed by atoms with Crippen molar-refractivity contribution in [1.29, 1.82) is 0 Å². The van der Waals surface area contributed by atoms with E-state index in [1.54, 1.807) is 0 Å². The number of ether oxygens (including phenoxy) is 2. The Labute approximate surface area is 403 Å². The average Bonchev–Trinajstić information content (AvgIpc) is 3.27. The van der Waals surface area contributed by atoms with Crippen molar-refractivity contribution in [2.75, 3.05) is 47.5 Å². The van der Waals surface area contributed by atoms with Gasteiger partial charge in [-0.15, -0.1) is 0 Å². The lowest BCUT2D eigenvalue weighted by atomic mass is 10.1. The SMILES string of the molecule is CC/C=C\C/C=C\C/C=C\C/C=C\C/C=C\C/C=C\C/C=C\C/C=C\C/C=C\CCCCCC(=O)OC(COC(=O)CCCCCCC/C=C\CCCC)COP(=O)(O)OCC[N+](C)(C)C. The highest BCUT2D eigenvalue weighted by Gasteiger charge is 2.27. The molecular weight excluding hydrogens is 846 g/mol. The first kappa shape index (κ1) is 62.4. The number of hydrogen-bond donors (Lipinski definition) is 1. The number of rotatable bonds is 44. The molecule has 10 heteroatoms. The predicted molar refractivity (Wildman–Crippen MR) is 279 cm³/mol. The molecule has 2 unspecified atom stereocenters. The lowest BCUT2D eigenvalue weighted by Gasteiger charge is -2.24. The maximum absolute atomic E-state index is 12.7. The Morgan fingerprint density at radius 1 is 0.485 bits per heavy atom.